The zero-order valence-electron chi connectivity index (χ0n) is 15.3. The van der Waals surface area contributed by atoms with Crippen molar-refractivity contribution in [3.05, 3.63) is 72.2 Å². The van der Waals surface area contributed by atoms with Gasteiger partial charge in [-0.05, 0) is 30.5 Å². The molecule has 0 radical (unpaired) electrons. The minimum Gasteiger partial charge on any atom is -0.349 e. The molecule has 4 rings (SSSR count). The van der Waals surface area contributed by atoms with Crippen LogP contribution in [0.15, 0.2) is 61.1 Å². The number of carbonyl (C=O) groups is 1. The molecule has 27 heavy (non-hydrogen) atoms. The molecule has 5 nitrogen and oxygen atoms in total. The number of carbonyl (C=O) groups excluding carboxylic acids is 1. The van der Waals surface area contributed by atoms with Gasteiger partial charge in [0.25, 0.3) is 5.91 Å². The van der Waals surface area contributed by atoms with Gasteiger partial charge in [-0.3, -0.25) is 14.5 Å². The lowest BCUT2D eigenvalue weighted by Gasteiger charge is -2.22. The van der Waals surface area contributed by atoms with Crippen molar-refractivity contribution < 1.29 is 4.79 Å². The predicted octanol–water partition coefficient (Wildman–Crippen LogP) is 4.06. The predicted molar refractivity (Wildman–Crippen MR) is 105 cm³/mol. The summed E-state index contributed by atoms with van der Waals surface area (Å²) in [5.74, 6) is -0.0271. The zero-order valence-corrected chi connectivity index (χ0v) is 15.3. The second-order valence-electron chi connectivity index (χ2n) is 7.15. The molecule has 0 unspecified atom stereocenters. The summed E-state index contributed by atoms with van der Waals surface area (Å²) in [5.41, 5.74) is 3.59. The van der Waals surface area contributed by atoms with Gasteiger partial charge in [-0.1, -0.05) is 49.6 Å². The molecule has 1 aromatic carbocycles. The third-order valence-electron chi connectivity index (χ3n) is 5.08. The van der Waals surface area contributed by atoms with E-state index in [9.17, 15) is 4.79 Å². The summed E-state index contributed by atoms with van der Waals surface area (Å²) in [7, 11) is 0. The van der Waals surface area contributed by atoms with E-state index < -0.39 is 0 Å². The normalized spacial score (nSPS) is 14.8. The summed E-state index contributed by atoms with van der Waals surface area (Å²) in [6, 6.07) is 14.3. The smallest absolute Gasteiger partial charge is 0.253 e. The van der Waals surface area contributed by atoms with Gasteiger partial charge >= 0.3 is 0 Å². The highest BCUT2D eigenvalue weighted by molar-refractivity contribution is 5.94. The summed E-state index contributed by atoms with van der Waals surface area (Å²) in [4.78, 5) is 16.9. The van der Waals surface area contributed by atoms with E-state index in [1.165, 1.54) is 24.8 Å². The molecule has 3 aromatic rings. The molecule has 1 saturated carbocycles. The van der Waals surface area contributed by atoms with Crippen LogP contribution in [0.5, 0.6) is 0 Å². The number of pyridine rings is 1. The molecule has 138 valence electrons. The van der Waals surface area contributed by atoms with Crippen LogP contribution in [0.4, 0.5) is 0 Å². The Morgan fingerprint density at radius 2 is 1.85 bits per heavy atom. The lowest BCUT2D eigenvalue weighted by atomic mass is 9.95. The first-order chi connectivity index (χ1) is 13.3. The summed E-state index contributed by atoms with van der Waals surface area (Å²) in [5, 5.41) is 7.55. The van der Waals surface area contributed by atoms with Gasteiger partial charge in [0.2, 0.25) is 0 Å². The Balaban J connectivity index is 1.40. The van der Waals surface area contributed by atoms with E-state index in [0.717, 1.165) is 30.6 Å². The summed E-state index contributed by atoms with van der Waals surface area (Å²) >= 11 is 0. The standard InChI is InChI=1S/C22H24N4O/c27-22(25-20-9-5-2-6-10-20)18-11-12-21(23-13-18)19-14-24-26(16-19)15-17-7-3-1-4-8-17/h1,3-4,7-8,11-14,16,20H,2,5-6,9-10,15H2,(H,25,27). The lowest BCUT2D eigenvalue weighted by Crippen LogP contribution is -2.36. The first-order valence-corrected chi connectivity index (χ1v) is 9.61. The minimum absolute atomic E-state index is 0.0271. The maximum atomic E-state index is 12.4. The molecule has 5 heteroatoms. The lowest BCUT2D eigenvalue weighted by molar-refractivity contribution is 0.0927. The van der Waals surface area contributed by atoms with E-state index in [0.29, 0.717) is 11.6 Å². The van der Waals surface area contributed by atoms with Crippen molar-refractivity contribution in [3.8, 4) is 11.3 Å². The average Bonchev–Trinajstić information content (AvgIpc) is 3.18. The van der Waals surface area contributed by atoms with Crippen molar-refractivity contribution in [1.29, 1.82) is 0 Å². The number of benzene rings is 1. The molecule has 1 amide bonds. The third kappa shape index (κ3) is 4.42. The van der Waals surface area contributed by atoms with Crippen LogP contribution in [0.1, 0.15) is 48.0 Å². The highest BCUT2D eigenvalue weighted by Crippen LogP contribution is 2.19. The maximum Gasteiger partial charge on any atom is 0.253 e. The highest BCUT2D eigenvalue weighted by Gasteiger charge is 2.17. The van der Waals surface area contributed by atoms with E-state index in [1.54, 1.807) is 6.20 Å². The van der Waals surface area contributed by atoms with Gasteiger partial charge in [0.05, 0.1) is 24.0 Å². The molecule has 0 bridgehead atoms. The largest absolute Gasteiger partial charge is 0.349 e. The monoisotopic (exact) mass is 360 g/mol. The van der Waals surface area contributed by atoms with Crippen LogP contribution in [-0.4, -0.2) is 26.7 Å². The molecular formula is C22H24N4O. The van der Waals surface area contributed by atoms with Gasteiger partial charge in [-0.2, -0.15) is 5.10 Å². The van der Waals surface area contributed by atoms with Crippen LogP contribution in [0, 0.1) is 0 Å². The van der Waals surface area contributed by atoms with Crippen LogP contribution < -0.4 is 5.32 Å². The van der Waals surface area contributed by atoms with E-state index in [4.69, 9.17) is 0 Å². The van der Waals surface area contributed by atoms with Crippen LogP contribution >= 0.6 is 0 Å². The van der Waals surface area contributed by atoms with E-state index in [1.807, 2.05) is 47.4 Å². The molecule has 0 aliphatic heterocycles. The first-order valence-electron chi connectivity index (χ1n) is 9.61. The molecule has 0 spiro atoms. The number of amides is 1. The van der Waals surface area contributed by atoms with Crippen LogP contribution in [0.2, 0.25) is 0 Å². The van der Waals surface area contributed by atoms with Crippen molar-refractivity contribution in [1.82, 2.24) is 20.1 Å². The maximum absolute atomic E-state index is 12.4. The Morgan fingerprint density at radius 1 is 1.04 bits per heavy atom. The number of rotatable bonds is 5. The Bertz CT molecular complexity index is 880. The average molecular weight is 360 g/mol. The zero-order chi connectivity index (χ0) is 18.5. The topological polar surface area (TPSA) is 59.8 Å². The Kier molecular flexibility index (Phi) is 5.28. The number of aromatic nitrogens is 3. The quantitative estimate of drug-likeness (QED) is 0.746. The first kappa shape index (κ1) is 17.5. The van der Waals surface area contributed by atoms with Crippen molar-refractivity contribution in [2.75, 3.05) is 0 Å². The van der Waals surface area contributed by atoms with Crippen molar-refractivity contribution in [2.24, 2.45) is 0 Å². The summed E-state index contributed by atoms with van der Waals surface area (Å²) in [6.07, 6.45) is 11.3. The molecule has 2 heterocycles. The van der Waals surface area contributed by atoms with Gasteiger partial charge in [-0.15, -0.1) is 0 Å². The van der Waals surface area contributed by atoms with Gasteiger partial charge in [0, 0.05) is 24.0 Å². The van der Waals surface area contributed by atoms with Crippen LogP contribution in [0.25, 0.3) is 11.3 Å². The van der Waals surface area contributed by atoms with Gasteiger partial charge in [0.1, 0.15) is 0 Å². The van der Waals surface area contributed by atoms with Crippen molar-refractivity contribution >= 4 is 5.91 Å². The Hall–Kier alpha value is -2.95. The molecule has 1 aliphatic rings. The fourth-order valence-electron chi connectivity index (χ4n) is 3.57. The molecule has 2 aromatic heterocycles. The molecule has 0 atom stereocenters. The minimum atomic E-state index is -0.0271. The molecular weight excluding hydrogens is 336 g/mol. The number of nitrogens with one attached hydrogen (secondary N) is 1. The van der Waals surface area contributed by atoms with Crippen molar-refractivity contribution in [2.45, 2.75) is 44.7 Å². The van der Waals surface area contributed by atoms with Gasteiger partial charge in [-0.25, -0.2) is 0 Å². The number of hydrogen-bond acceptors (Lipinski definition) is 3. The fourth-order valence-corrected chi connectivity index (χ4v) is 3.57. The van der Waals surface area contributed by atoms with Crippen LogP contribution in [0.3, 0.4) is 0 Å². The second-order valence-corrected chi connectivity index (χ2v) is 7.15. The molecule has 1 aliphatic carbocycles. The van der Waals surface area contributed by atoms with E-state index in [-0.39, 0.29) is 5.91 Å². The highest BCUT2D eigenvalue weighted by atomic mass is 16.1. The van der Waals surface area contributed by atoms with E-state index in [2.05, 4.69) is 27.5 Å². The molecule has 0 saturated heterocycles. The van der Waals surface area contributed by atoms with Crippen LogP contribution in [-0.2, 0) is 6.54 Å². The third-order valence-corrected chi connectivity index (χ3v) is 5.08. The number of hydrogen-bond donors (Lipinski definition) is 1. The molecule has 1 N–H and O–H groups in total. The summed E-state index contributed by atoms with van der Waals surface area (Å²) in [6.45, 7) is 0.725. The Morgan fingerprint density at radius 3 is 2.59 bits per heavy atom. The SMILES string of the molecule is O=C(NC1CCCCC1)c1ccc(-c2cnn(Cc3ccccc3)c2)nc1. The summed E-state index contributed by atoms with van der Waals surface area (Å²) < 4.78 is 1.90. The van der Waals surface area contributed by atoms with Gasteiger partial charge < -0.3 is 5.32 Å². The molecule has 1 fully saturated rings. The van der Waals surface area contributed by atoms with Gasteiger partial charge in [0.15, 0.2) is 0 Å². The Labute approximate surface area is 159 Å². The fraction of sp³-hybridized carbons (Fsp3) is 0.318. The number of nitrogens with zero attached hydrogens (tertiary/aromatic N) is 3. The second kappa shape index (κ2) is 8.16. The van der Waals surface area contributed by atoms with E-state index >= 15 is 0 Å². The van der Waals surface area contributed by atoms with Crippen molar-refractivity contribution in [3.63, 3.8) is 0 Å².